The van der Waals surface area contributed by atoms with Crippen molar-refractivity contribution in [2.24, 2.45) is 0 Å². The van der Waals surface area contributed by atoms with Crippen molar-refractivity contribution in [2.45, 2.75) is 44.8 Å². The largest absolute Gasteiger partial charge is 0.416 e. The average molecular weight is 422 g/mol. The van der Waals surface area contributed by atoms with Gasteiger partial charge in [-0.25, -0.2) is 0 Å². The molecule has 1 fully saturated rings. The minimum Gasteiger partial charge on any atom is -0.314 e. The maximum absolute atomic E-state index is 13.5. The monoisotopic (exact) mass is 420 g/mol. The molecule has 0 amide bonds. The van der Waals surface area contributed by atoms with Crippen molar-refractivity contribution in [1.82, 2.24) is 10.2 Å². The summed E-state index contributed by atoms with van der Waals surface area (Å²) in [5, 5.41) is 3.39. The van der Waals surface area contributed by atoms with E-state index in [1.165, 1.54) is 0 Å². The lowest BCUT2D eigenvalue weighted by Gasteiger charge is -2.36. The number of hydrogen-bond acceptors (Lipinski definition) is 2. The molecule has 0 unspecified atom stereocenters. The fraction of sp³-hybridized carbons (Fsp3) is 0.647. The fourth-order valence-corrected chi connectivity index (χ4v) is 3.35. The van der Waals surface area contributed by atoms with Gasteiger partial charge in [-0.05, 0) is 24.1 Å². The molecule has 8 heteroatoms. The minimum atomic E-state index is -4.38. The smallest absolute Gasteiger partial charge is 0.314 e. The van der Waals surface area contributed by atoms with Gasteiger partial charge in [-0.2, -0.15) is 13.2 Å². The number of nitrogens with zero attached hydrogens (tertiary/aromatic N) is 1. The number of hydrogen-bond donors (Lipinski definition) is 1. The molecule has 0 spiro atoms. The van der Waals surface area contributed by atoms with Crippen LogP contribution in [0, 0.1) is 0 Å². The molecule has 1 aromatic carbocycles. The Hall–Kier alpha value is -0.200. The molecular weight excluding hydrogens is 396 g/mol. The van der Waals surface area contributed by atoms with Crippen LogP contribution in [-0.2, 0) is 6.18 Å². The van der Waals surface area contributed by atoms with Crippen molar-refractivity contribution in [3.05, 3.63) is 34.3 Å². The third-order valence-electron chi connectivity index (χ3n) is 4.35. The highest BCUT2D eigenvalue weighted by Gasteiger charge is 2.36. The zero-order chi connectivity index (χ0) is 16.9. The van der Waals surface area contributed by atoms with Crippen LogP contribution in [-0.4, -0.2) is 31.1 Å². The Labute approximate surface area is 165 Å². The molecule has 2 nitrogen and oxygen atoms in total. The van der Waals surface area contributed by atoms with E-state index in [1.54, 1.807) is 12.1 Å². The molecule has 1 atom stereocenters. The van der Waals surface area contributed by atoms with E-state index in [2.05, 4.69) is 17.1 Å². The molecular formula is C17H26Cl3F3N2. The summed E-state index contributed by atoms with van der Waals surface area (Å²) in [6, 6.07) is 3.99. The molecule has 1 N–H and O–H groups in total. The molecule has 2 rings (SSSR count). The predicted octanol–water partition coefficient (Wildman–Crippen LogP) is 5.73. The van der Waals surface area contributed by atoms with Gasteiger partial charge < -0.3 is 5.32 Å². The molecule has 0 bridgehead atoms. The highest BCUT2D eigenvalue weighted by atomic mass is 35.5. The summed E-state index contributed by atoms with van der Waals surface area (Å²) in [6.45, 7) is 5.29. The first kappa shape index (κ1) is 24.8. The Morgan fingerprint density at radius 3 is 2.36 bits per heavy atom. The van der Waals surface area contributed by atoms with Gasteiger partial charge in [0.25, 0.3) is 0 Å². The molecule has 0 aliphatic carbocycles. The summed E-state index contributed by atoms with van der Waals surface area (Å²) in [5.41, 5.74) is -0.232. The van der Waals surface area contributed by atoms with E-state index in [4.69, 9.17) is 11.6 Å². The Balaban J connectivity index is 0.00000288. The van der Waals surface area contributed by atoms with Crippen LogP contribution in [0.3, 0.4) is 0 Å². The van der Waals surface area contributed by atoms with Crippen LogP contribution >= 0.6 is 36.4 Å². The maximum atomic E-state index is 13.5. The highest BCUT2D eigenvalue weighted by Crippen LogP contribution is 2.39. The van der Waals surface area contributed by atoms with Crippen LogP contribution in [0.1, 0.15) is 49.8 Å². The van der Waals surface area contributed by atoms with Gasteiger partial charge in [0.15, 0.2) is 0 Å². The number of unbranched alkanes of at least 4 members (excludes halogenated alkanes) is 2. The van der Waals surface area contributed by atoms with Crippen LogP contribution in [0.25, 0.3) is 0 Å². The van der Waals surface area contributed by atoms with E-state index in [-0.39, 0.29) is 35.9 Å². The molecule has 0 saturated carbocycles. The number of rotatable bonds is 6. The van der Waals surface area contributed by atoms with Crippen molar-refractivity contribution >= 4 is 36.4 Å². The summed E-state index contributed by atoms with van der Waals surface area (Å²) in [7, 11) is 0. The molecule has 1 saturated heterocycles. The second kappa shape index (κ2) is 11.5. The van der Waals surface area contributed by atoms with E-state index < -0.39 is 11.7 Å². The summed E-state index contributed by atoms with van der Waals surface area (Å²) in [6.07, 6.45) is -0.598. The lowest BCUT2D eigenvalue weighted by molar-refractivity contribution is -0.138. The van der Waals surface area contributed by atoms with Crippen molar-refractivity contribution in [3.63, 3.8) is 0 Å². The summed E-state index contributed by atoms with van der Waals surface area (Å²) in [4.78, 5) is 2.17. The van der Waals surface area contributed by atoms with Gasteiger partial charge in [0, 0.05) is 37.2 Å². The highest BCUT2D eigenvalue weighted by molar-refractivity contribution is 6.30. The van der Waals surface area contributed by atoms with Crippen LogP contribution in [0.15, 0.2) is 18.2 Å². The summed E-state index contributed by atoms with van der Waals surface area (Å²) >= 11 is 5.82. The minimum absolute atomic E-state index is 0. The predicted molar refractivity (Wildman–Crippen MR) is 102 cm³/mol. The lowest BCUT2D eigenvalue weighted by Crippen LogP contribution is -2.45. The van der Waals surface area contributed by atoms with Crippen LogP contribution in [0.2, 0.25) is 5.02 Å². The molecule has 0 radical (unpaired) electrons. The third-order valence-corrected chi connectivity index (χ3v) is 4.59. The van der Waals surface area contributed by atoms with Gasteiger partial charge in [0.2, 0.25) is 0 Å². The summed E-state index contributed by atoms with van der Waals surface area (Å²) in [5.74, 6) is 0. The topological polar surface area (TPSA) is 15.3 Å². The fourth-order valence-electron chi connectivity index (χ4n) is 3.18. The van der Waals surface area contributed by atoms with Gasteiger partial charge in [-0.3, -0.25) is 4.90 Å². The Bertz CT molecular complexity index is 506. The number of nitrogens with one attached hydrogen (secondary N) is 1. The normalized spacial score (nSPS) is 16.7. The standard InChI is InChI=1S/C17H24ClF3N2.2ClH/c1-2-3-4-5-16(23-10-8-22-9-11-23)14-7-6-13(18)12-15(14)17(19,20)21;;/h6-7,12,16,22H,2-5,8-11H2,1H3;2*1H/t16-;;/m1../s1. The average Bonchev–Trinajstić information content (AvgIpc) is 2.52. The van der Waals surface area contributed by atoms with Gasteiger partial charge >= 0.3 is 6.18 Å². The second-order valence-corrected chi connectivity index (χ2v) is 6.46. The van der Waals surface area contributed by atoms with Gasteiger partial charge in [0.1, 0.15) is 0 Å². The lowest BCUT2D eigenvalue weighted by atomic mass is 9.93. The zero-order valence-electron chi connectivity index (χ0n) is 14.2. The van der Waals surface area contributed by atoms with E-state index in [1.807, 2.05) is 0 Å². The number of halogens is 6. The Morgan fingerprint density at radius 2 is 1.80 bits per heavy atom. The van der Waals surface area contributed by atoms with Crippen molar-refractivity contribution in [3.8, 4) is 0 Å². The first-order valence-electron chi connectivity index (χ1n) is 8.25. The van der Waals surface area contributed by atoms with Crippen molar-refractivity contribution in [1.29, 1.82) is 0 Å². The molecule has 1 aliphatic rings. The number of benzene rings is 1. The first-order chi connectivity index (χ1) is 10.9. The van der Waals surface area contributed by atoms with Crippen LogP contribution in [0.5, 0.6) is 0 Å². The Kier molecular flexibility index (Phi) is 11.4. The molecule has 1 aliphatic heterocycles. The van der Waals surface area contributed by atoms with Crippen LogP contribution in [0.4, 0.5) is 13.2 Å². The third kappa shape index (κ3) is 7.14. The second-order valence-electron chi connectivity index (χ2n) is 6.03. The van der Waals surface area contributed by atoms with Gasteiger partial charge in [-0.1, -0.05) is 43.9 Å². The van der Waals surface area contributed by atoms with Crippen molar-refractivity contribution in [2.75, 3.05) is 26.2 Å². The molecule has 146 valence electrons. The SMILES string of the molecule is CCCCC[C@H](c1ccc(Cl)cc1C(F)(F)F)N1CCNCC1.Cl.Cl. The van der Waals surface area contributed by atoms with E-state index >= 15 is 0 Å². The first-order valence-corrected chi connectivity index (χ1v) is 8.62. The molecule has 1 aromatic rings. The summed E-state index contributed by atoms with van der Waals surface area (Å²) < 4.78 is 40.4. The maximum Gasteiger partial charge on any atom is 0.416 e. The van der Waals surface area contributed by atoms with Gasteiger partial charge in [-0.15, -0.1) is 24.8 Å². The molecule has 25 heavy (non-hydrogen) atoms. The van der Waals surface area contributed by atoms with E-state index in [0.717, 1.165) is 57.9 Å². The van der Waals surface area contributed by atoms with Crippen LogP contribution < -0.4 is 5.32 Å². The zero-order valence-corrected chi connectivity index (χ0v) is 16.6. The number of alkyl halides is 3. The van der Waals surface area contributed by atoms with Gasteiger partial charge in [0.05, 0.1) is 5.56 Å². The van der Waals surface area contributed by atoms with E-state index in [0.29, 0.717) is 5.56 Å². The number of piperazine rings is 1. The molecule has 1 heterocycles. The van der Waals surface area contributed by atoms with E-state index in [9.17, 15) is 13.2 Å². The quantitative estimate of drug-likeness (QED) is 0.590. The van der Waals surface area contributed by atoms with Crippen molar-refractivity contribution < 1.29 is 13.2 Å². The Morgan fingerprint density at radius 1 is 1.16 bits per heavy atom. The molecule has 0 aromatic heterocycles.